The molecule has 4 unspecified atom stereocenters. The smallest absolute Gasteiger partial charge is 0.325 e. The molecule has 1 heterocycles. The fourth-order valence-corrected chi connectivity index (χ4v) is 5.07. The van der Waals surface area contributed by atoms with Crippen LogP contribution in [0.5, 0.6) is 0 Å². The summed E-state index contributed by atoms with van der Waals surface area (Å²) in [6.07, 6.45) is 12.0. The summed E-state index contributed by atoms with van der Waals surface area (Å²) in [6.45, 7) is 1.20. The molecule has 0 aromatic carbocycles. The van der Waals surface area contributed by atoms with E-state index in [0.29, 0.717) is 6.04 Å². The fraction of sp³-hybridized carbons (Fsp3) is 0.941. The molecule has 2 aliphatic carbocycles. The van der Waals surface area contributed by atoms with Gasteiger partial charge in [0.25, 0.3) is 0 Å². The average molecular weight is 294 g/mol. The molecule has 3 rings (SSSR count). The third-order valence-corrected chi connectivity index (χ3v) is 6.11. The van der Waals surface area contributed by atoms with Crippen LogP contribution in [0.4, 0.5) is 0 Å². The molecule has 1 saturated heterocycles. The van der Waals surface area contributed by atoms with Gasteiger partial charge in [-0.05, 0) is 63.8 Å². The lowest BCUT2D eigenvalue weighted by atomic mass is 9.74. The number of likely N-dealkylation sites (tertiary alicyclic amines) is 1. The highest BCUT2D eigenvalue weighted by molar-refractivity contribution is 5.80. The van der Waals surface area contributed by atoms with Gasteiger partial charge < -0.3 is 10.5 Å². The zero-order valence-electron chi connectivity index (χ0n) is 13.4. The molecule has 4 atom stereocenters. The van der Waals surface area contributed by atoms with Crippen LogP contribution in [0.1, 0.15) is 64.2 Å². The molecule has 0 aromatic rings. The summed E-state index contributed by atoms with van der Waals surface area (Å²) in [6, 6.07) is 1.23. The van der Waals surface area contributed by atoms with Gasteiger partial charge in [-0.15, -0.1) is 0 Å². The normalized spacial score (nSPS) is 41.3. The Bertz CT molecular complexity index is 385. The van der Waals surface area contributed by atoms with Gasteiger partial charge in [0.15, 0.2) is 0 Å². The van der Waals surface area contributed by atoms with E-state index in [-0.39, 0.29) is 5.97 Å². The largest absolute Gasteiger partial charge is 0.468 e. The number of nitrogens with two attached hydrogens (primary N) is 1. The Morgan fingerprint density at radius 2 is 1.90 bits per heavy atom. The molecule has 0 amide bonds. The summed E-state index contributed by atoms with van der Waals surface area (Å²) in [7, 11) is 1.46. The number of esters is 1. The minimum absolute atomic E-state index is 0.218. The third kappa shape index (κ3) is 2.98. The maximum Gasteiger partial charge on any atom is 0.325 e. The van der Waals surface area contributed by atoms with E-state index in [1.165, 1.54) is 58.6 Å². The Labute approximate surface area is 128 Å². The van der Waals surface area contributed by atoms with Crippen molar-refractivity contribution in [2.75, 3.05) is 13.7 Å². The van der Waals surface area contributed by atoms with Gasteiger partial charge >= 0.3 is 5.97 Å². The zero-order chi connectivity index (χ0) is 14.9. The number of hydrogen-bond acceptors (Lipinski definition) is 4. The molecular formula is C17H30N2O2. The molecule has 0 radical (unpaired) electrons. The summed E-state index contributed by atoms with van der Waals surface area (Å²) in [5.74, 6) is 0.670. The van der Waals surface area contributed by atoms with Crippen molar-refractivity contribution >= 4 is 5.97 Å². The molecule has 120 valence electrons. The maximum absolute atomic E-state index is 12.0. The fourth-order valence-electron chi connectivity index (χ4n) is 5.07. The van der Waals surface area contributed by atoms with Crippen LogP contribution in [-0.4, -0.2) is 42.1 Å². The van der Waals surface area contributed by atoms with Crippen LogP contribution in [0, 0.1) is 5.92 Å². The van der Waals surface area contributed by atoms with Crippen molar-refractivity contribution in [3.05, 3.63) is 0 Å². The average Bonchev–Trinajstić information content (AvgIpc) is 2.53. The van der Waals surface area contributed by atoms with Gasteiger partial charge in [0.1, 0.15) is 5.54 Å². The van der Waals surface area contributed by atoms with E-state index in [9.17, 15) is 4.79 Å². The molecule has 0 aromatic heterocycles. The van der Waals surface area contributed by atoms with Crippen molar-refractivity contribution < 1.29 is 9.53 Å². The van der Waals surface area contributed by atoms with E-state index in [4.69, 9.17) is 10.5 Å². The van der Waals surface area contributed by atoms with Gasteiger partial charge in [0.2, 0.25) is 0 Å². The van der Waals surface area contributed by atoms with E-state index in [2.05, 4.69) is 4.90 Å². The first-order chi connectivity index (χ1) is 10.1. The molecule has 0 bridgehead atoms. The summed E-state index contributed by atoms with van der Waals surface area (Å²) < 4.78 is 4.95. The van der Waals surface area contributed by atoms with Gasteiger partial charge in [-0.2, -0.15) is 0 Å². The zero-order valence-corrected chi connectivity index (χ0v) is 13.4. The molecule has 21 heavy (non-hydrogen) atoms. The molecule has 0 spiro atoms. The number of rotatable bonds is 2. The van der Waals surface area contributed by atoms with E-state index in [1.807, 2.05) is 0 Å². The van der Waals surface area contributed by atoms with Gasteiger partial charge in [-0.1, -0.05) is 12.8 Å². The number of carbonyl (C=O) groups is 1. The van der Waals surface area contributed by atoms with Crippen molar-refractivity contribution in [1.29, 1.82) is 0 Å². The van der Waals surface area contributed by atoms with E-state index < -0.39 is 5.54 Å². The summed E-state index contributed by atoms with van der Waals surface area (Å²) >= 11 is 0. The first kappa shape index (κ1) is 15.3. The number of ether oxygens (including phenoxy) is 1. The lowest BCUT2D eigenvalue weighted by molar-refractivity contribution is -0.149. The molecule has 3 aliphatic rings. The summed E-state index contributed by atoms with van der Waals surface area (Å²) in [5.41, 5.74) is 5.63. The van der Waals surface area contributed by atoms with E-state index >= 15 is 0 Å². The number of methoxy groups -OCH3 is 1. The molecule has 3 fully saturated rings. The van der Waals surface area contributed by atoms with Crippen molar-refractivity contribution in [2.24, 2.45) is 11.7 Å². The Morgan fingerprint density at radius 3 is 2.71 bits per heavy atom. The predicted molar refractivity (Wildman–Crippen MR) is 82.9 cm³/mol. The third-order valence-electron chi connectivity index (χ3n) is 6.11. The predicted octanol–water partition coefficient (Wildman–Crippen LogP) is 2.45. The highest BCUT2D eigenvalue weighted by atomic mass is 16.5. The van der Waals surface area contributed by atoms with Crippen molar-refractivity contribution in [1.82, 2.24) is 4.90 Å². The monoisotopic (exact) mass is 294 g/mol. The summed E-state index contributed by atoms with van der Waals surface area (Å²) in [4.78, 5) is 14.8. The van der Waals surface area contributed by atoms with Gasteiger partial charge in [0.05, 0.1) is 7.11 Å². The quantitative estimate of drug-likeness (QED) is 0.795. The first-order valence-corrected chi connectivity index (χ1v) is 8.77. The van der Waals surface area contributed by atoms with Crippen LogP contribution < -0.4 is 5.73 Å². The second-order valence-corrected chi connectivity index (χ2v) is 7.39. The molecule has 1 aliphatic heterocycles. The highest BCUT2D eigenvalue weighted by Gasteiger charge is 2.45. The Balaban J connectivity index is 1.71. The number of fused-ring (bicyclic) bond motifs is 1. The Hall–Kier alpha value is -0.610. The van der Waals surface area contributed by atoms with Crippen LogP contribution in [-0.2, 0) is 9.53 Å². The number of piperidine rings is 1. The van der Waals surface area contributed by atoms with Gasteiger partial charge in [-0.3, -0.25) is 9.69 Å². The topological polar surface area (TPSA) is 55.6 Å². The Morgan fingerprint density at radius 1 is 1.14 bits per heavy atom. The van der Waals surface area contributed by atoms with Crippen LogP contribution >= 0.6 is 0 Å². The molecular weight excluding hydrogens is 264 g/mol. The molecule has 4 nitrogen and oxygen atoms in total. The van der Waals surface area contributed by atoms with Crippen LogP contribution in [0.2, 0.25) is 0 Å². The van der Waals surface area contributed by atoms with Crippen LogP contribution in [0.25, 0.3) is 0 Å². The number of hydrogen-bond donors (Lipinski definition) is 1. The molecule has 2 saturated carbocycles. The van der Waals surface area contributed by atoms with E-state index in [1.54, 1.807) is 0 Å². The molecule has 2 N–H and O–H groups in total. The number of carbonyl (C=O) groups excluding carboxylic acids is 1. The standard InChI is InChI=1S/C17H30N2O2/c1-21-16(20)17(18)10-4-8-14(12-17)19-11-5-7-13-6-2-3-9-15(13)19/h13-15H,2-12,18H2,1H3. The summed E-state index contributed by atoms with van der Waals surface area (Å²) in [5, 5.41) is 0. The SMILES string of the molecule is COC(=O)C1(N)CCCC(N2CCCC3CCCCC32)C1. The van der Waals surface area contributed by atoms with Crippen LogP contribution in [0.15, 0.2) is 0 Å². The van der Waals surface area contributed by atoms with Crippen molar-refractivity contribution in [3.63, 3.8) is 0 Å². The highest BCUT2D eigenvalue weighted by Crippen LogP contribution is 2.40. The van der Waals surface area contributed by atoms with Gasteiger partial charge in [0, 0.05) is 12.1 Å². The lowest BCUT2D eigenvalue weighted by Crippen LogP contribution is -2.59. The minimum Gasteiger partial charge on any atom is -0.468 e. The first-order valence-electron chi connectivity index (χ1n) is 8.77. The molecule has 4 heteroatoms. The van der Waals surface area contributed by atoms with E-state index in [0.717, 1.165) is 31.2 Å². The van der Waals surface area contributed by atoms with Crippen molar-refractivity contribution in [3.8, 4) is 0 Å². The second-order valence-electron chi connectivity index (χ2n) is 7.39. The lowest BCUT2D eigenvalue weighted by Gasteiger charge is -2.50. The van der Waals surface area contributed by atoms with Gasteiger partial charge in [-0.25, -0.2) is 0 Å². The second kappa shape index (κ2) is 6.25. The maximum atomic E-state index is 12.0. The van der Waals surface area contributed by atoms with Crippen molar-refractivity contribution in [2.45, 2.75) is 81.8 Å². The Kier molecular flexibility index (Phi) is 4.55. The van der Waals surface area contributed by atoms with Crippen LogP contribution in [0.3, 0.4) is 0 Å². The minimum atomic E-state index is -0.751. The number of nitrogens with zero attached hydrogens (tertiary/aromatic N) is 1.